The van der Waals surface area contributed by atoms with Gasteiger partial charge in [0.2, 0.25) is 0 Å². The number of benzene rings is 1. The van der Waals surface area contributed by atoms with Crippen LogP contribution in [0.3, 0.4) is 0 Å². The summed E-state index contributed by atoms with van der Waals surface area (Å²) in [5.74, 6) is 0.908. The fraction of sp³-hybridized carbons (Fsp3) is 0.294. The third-order valence-corrected chi connectivity index (χ3v) is 5.06. The zero-order valence-corrected chi connectivity index (χ0v) is 13.6. The van der Waals surface area contributed by atoms with Crippen LogP contribution in [0.5, 0.6) is 0 Å². The molecule has 0 aliphatic heterocycles. The molecule has 2 heterocycles. The SMILES string of the molecule is CCc1cccc(C)c1Nc1ncnc2sc(C)c(C)c12. The molecule has 1 N–H and O–H groups in total. The summed E-state index contributed by atoms with van der Waals surface area (Å²) < 4.78 is 0. The molecule has 0 unspecified atom stereocenters. The van der Waals surface area contributed by atoms with E-state index in [1.165, 1.54) is 27.3 Å². The largest absolute Gasteiger partial charge is 0.339 e. The third-order valence-electron chi connectivity index (χ3n) is 3.95. The van der Waals surface area contributed by atoms with E-state index in [-0.39, 0.29) is 0 Å². The molecule has 0 radical (unpaired) electrons. The van der Waals surface area contributed by atoms with Gasteiger partial charge in [-0.25, -0.2) is 9.97 Å². The van der Waals surface area contributed by atoms with E-state index < -0.39 is 0 Å². The number of anilines is 2. The maximum atomic E-state index is 4.48. The number of fused-ring (bicyclic) bond motifs is 1. The molecule has 0 aliphatic carbocycles. The molecule has 21 heavy (non-hydrogen) atoms. The molecule has 3 rings (SSSR count). The summed E-state index contributed by atoms with van der Waals surface area (Å²) in [7, 11) is 0. The number of rotatable bonds is 3. The van der Waals surface area contributed by atoms with E-state index in [2.05, 4.69) is 61.2 Å². The van der Waals surface area contributed by atoms with Gasteiger partial charge in [0.1, 0.15) is 17.0 Å². The predicted octanol–water partition coefficient (Wildman–Crippen LogP) is 4.92. The lowest BCUT2D eigenvalue weighted by Gasteiger charge is -2.14. The minimum atomic E-state index is 0.908. The molecule has 3 aromatic rings. The van der Waals surface area contributed by atoms with Gasteiger partial charge in [-0.05, 0) is 43.9 Å². The summed E-state index contributed by atoms with van der Waals surface area (Å²) in [6.07, 6.45) is 2.64. The van der Waals surface area contributed by atoms with Gasteiger partial charge in [-0.3, -0.25) is 0 Å². The van der Waals surface area contributed by atoms with Gasteiger partial charge in [0.25, 0.3) is 0 Å². The Labute approximate surface area is 129 Å². The second kappa shape index (κ2) is 5.45. The van der Waals surface area contributed by atoms with Crippen molar-refractivity contribution in [1.82, 2.24) is 9.97 Å². The maximum absolute atomic E-state index is 4.48. The quantitative estimate of drug-likeness (QED) is 0.745. The molecule has 0 saturated carbocycles. The molecule has 0 spiro atoms. The second-order valence-corrected chi connectivity index (χ2v) is 6.48. The second-order valence-electron chi connectivity index (χ2n) is 5.27. The minimum absolute atomic E-state index is 0.908. The van der Waals surface area contributed by atoms with Crippen molar-refractivity contribution in [3.8, 4) is 0 Å². The van der Waals surface area contributed by atoms with Crippen LogP contribution in [0.25, 0.3) is 10.2 Å². The van der Waals surface area contributed by atoms with Crippen molar-refractivity contribution in [2.75, 3.05) is 5.32 Å². The van der Waals surface area contributed by atoms with Crippen molar-refractivity contribution < 1.29 is 0 Å². The number of hydrogen-bond acceptors (Lipinski definition) is 4. The van der Waals surface area contributed by atoms with Gasteiger partial charge in [0, 0.05) is 10.6 Å². The first-order valence-electron chi connectivity index (χ1n) is 7.18. The topological polar surface area (TPSA) is 37.8 Å². The molecule has 0 fully saturated rings. The molecule has 1 aromatic carbocycles. The van der Waals surface area contributed by atoms with E-state index in [1.54, 1.807) is 17.7 Å². The van der Waals surface area contributed by atoms with Crippen molar-refractivity contribution in [3.63, 3.8) is 0 Å². The lowest BCUT2D eigenvalue weighted by Crippen LogP contribution is -2.01. The van der Waals surface area contributed by atoms with E-state index in [4.69, 9.17) is 0 Å². The summed E-state index contributed by atoms with van der Waals surface area (Å²) in [4.78, 5) is 11.2. The Morgan fingerprint density at radius 2 is 1.95 bits per heavy atom. The molecular weight excluding hydrogens is 278 g/mol. The van der Waals surface area contributed by atoms with Gasteiger partial charge < -0.3 is 5.32 Å². The van der Waals surface area contributed by atoms with Crippen molar-refractivity contribution in [2.45, 2.75) is 34.1 Å². The van der Waals surface area contributed by atoms with Crippen LogP contribution in [0.1, 0.15) is 28.5 Å². The van der Waals surface area contributed by atoms with Crippen LogP contribution in [-0.4, -0.2) is 9.97 Å². The summed E-state index contributed by atoms with van der Waals surface area (Å²) in [6, 6.07) is 6.40. The highest BCUT2D eigenvalue weighted by Crippen LogP contribution is 2.35. The molecule has 4 heteroatoms. The smallest absolute Gasteiger partial charge is 0.142 e. The Kier molecular flexibility index (Phi) is 3.64. The van der Waals surface area contributed by atoms with Gasteiger partial charge in [-0.15, -0.1) is 11.3 Å². The van der Waals surface area contributed by atoms with E-state index in [9.17, 15) is 0 Å². The Morgan fingerprint density at radius 3 is 2.71 bits per heavy atom. The molecular formula is C17H19N3S. The molecule has 0 aliphatic rings. The third kappa shape index (κ3) is 2.40. The van der Waals surface area contributed by atoms with Crippen LogP contribution in [-0.2, 0) is 6.42 Å². The highest BCUT2D eigenvalue weighted by Gasteiger charge is 2.13. The Hall–Kier alpha value is -1.94. The number of nitrogens with one attached hydrogen (secondary N) is 1. The van der Waals surface area contributed by atoms with Crippen LogP contribution < -0.4 is 5.32 Å². The minimum Gasteiger partial charge on any atom is -0.339 e. The summed E-state index contributed by atoms with van der Waals surface area (Å²) in [5, 5.41) is 4.69. The highest BCUT2D eigenvalue weighted by molar-refractivity contribution is 7.18. The van der Waals surface area contributed by atoms with Crippen molar-refractivity contribution >= 4 is 33.1 Å². The van der Waals surface area contributed by atoms with Crippen LogP contribution in [0.4, 0.5) is 11.5 Å². The average Bonchev–Trinajstić information content (AvgIpc) is 2.77. The van der Waals surface area contributed by atoms with Crippen LogP contribution in [0, 0.1) is 20.8 Å². The predicted molar refractivity (Wildman–Crippen MR) is 90.7 cm³/mol. The van der Waals surface area contributed by atoms with Crippen LogP contribution >= 0.6 is 11.3 Å². The van der Waals surface area contributed by atoms with E-state index in [0.29, 0.717) is 0 Å². The van der Waals surface area contributed by atoms with E-state index in [0.717, 1.165) is 22.5 Å². The fourth-order valence-corrected chi connectivity index (χ4v) is 3.59. The molecule has 108 valence electrons. The van der Waals surface area contributed by atoms with Gasteiger partial charge >= 0.3 is 0 Å². The molecule has 0 saturated heterocycles. The first-order chi connectivity index (χ1) is 10.1. The monoisotopic (exact) mass is 297 g/mol. The maximum Gasteiger partial charge on any atom is 0.142 e. The number of aryl methyl sites for hydroxylation is 4. The van der Waals surface area contributed by atoms with Crippen LogP contribution in [0.2, 0.25) is 0 Å². The van der Waals surface area contributed by atoms with Gasteiger partial charge in [-0.2, -0.15) is 0 Å². The normalized spacial score (nSPS) is 11.0. The average molecular weight is 297 g/mol. The zero-order chi connectivity index (χ0) is 15.0. The van der Waals surface area contributed by atoms with Crippen molar-refractivity contribution in [1.29, 1.82) is 0 Å². The van der Waals surface area contributed by atoms with Crippen LogP contribution in [0.15, 0.2) is 24.5 Å². The molecule has 2 aromatic heterocycles. The first kappa shape index (κ1) is 14.0. The number of hydrogen-bond donors (Lipinski definition) is 1. The molecule has 3 nitrogen and oxygen atoms in total. The van der Waals surface area contributed by atoms with Crippen molar-refractivity contribution in [2.24, 2.45) is 0 Å². The van der Waals surface area contributed by atoms with Gasteiger partial charge in [-0.1, -0.05) is 25.1 Å². The van der Waals surface area contributed by atoms with E-state index >= 15 is 0 Å². The van der Waals surface area contributed by atoms with E-state index in [1.807, 2.05) is 0 Å². The summed E-state index contributed by atoms with van der Waals surface area (Å²) in [6.45, 7) is 8.58. The molecule has 0 atom stereocenters. The molecule has 0 amide bonds. The Morgan fingerprint density at radius 1 is 1.14 bits per heavy atom. The standard InChI is InChI=1S/C17H19N3S/c1-5-13-8-6-7-10(2)15(13)20-16-14-11(3)12(4)21-17(14)19-9-18-16/h6-9H,5H2,1-4H3,(H,18,19,20). The fourth-order valence-electron chi connectivity index (χ4n) is 2.60. The number of aromatic nitrogens is 2. The number of nitrogens with zero attached hydrogens (tertiary/aromatic N) is 2. The number of thiophene rings is 1. The Bertz CT molecular complexity index is 805. The van der Waals surface area contributed by atoms with Gasteiger partial charge in [0.05, 0.1) is 5.39 Å². The summed E-state index contributed by atoms with van der Waals surface area (Å²) in [5.41, 5.74) is 4.99. The molecule has 0 bridgehead atoms. The lowest BCUT2D eigenvalue weighted by atomic mass is 10.1. The lowest BCUT2D eigenvalue weighted by molar-refractivity contribution is 1.13. The number of para-hydroxylation sites is 1. The van der Waals surface area contributed by atoms with Crippen molar-refractivity contribution in [3.05, 3.63) is 46.1 Å². The highest BCUT2D eigenvalue weighted by atomic mass is 32.1. The first-order valence-corrected chi connectivity index (χ1v) is 7.99. The Balaban J connectivity index is 2.15. The zero-order valence-electron chi connectivity index (χ0n) is 12.8. The van der Waals surface area contributed by atoms with Gasteiger partial charge in [0.15, 0.2) is 0 Å². The summed E-state index contributed by atoms with van der Waals surface area (Å²) >= 11 is 1.73.